The number of rotatable bonds is 5. The van der Waals surface area contributed by atoms with Crippen molar-refractivity contribution in [2.75, 3.05) is 0 Å². The van der Waals surface area contributed by atoms with Crippen molar-refractivity contribution >= 4 is 0 Å². The molecule has 0 heterocycles. The molecule has 0 radical (unpaired) electrons. The van der Waals surface area contributed by atoms with Crippen molar-refractivity contribution in [3.05, 3.63) is 58.7 Å². The molecule has 2 aromatic rings. The van der Waals surface area contributed by atoms with Crippen molar-refractivity contribution in [3.63, 3.8) is 0 Å². The van der Waals surface area contributed by atoms with E-state index in [2.05, 4.69) is 27.7 Å². The first kappa shape index (κ1) is 16.4. The largest absolute Gasteiger partial charge is 0.508 e. The van der Waals surface area contributed by atoms with Crippen LogP contribution in [-0.4, -0.2) is 10.2 Å². The van der Waals surface area contributed by atoms with Gasteiger partial charge in [-0.3, -0.25) is 0 Å². The second-order valence-corrected chi connectivity index (χ2v) is 6.11. The number of hydrogen-bond donors (Lipinski definition) is 2. The molecule has 2 rings (SSSR count). The molecule has 2 atom stereocenters. The van der Waals surface area contributed by atoms with Crippen molar-refractivity contribution in [1.29, 1.82) is 0 Å². The van der Waals surface area contributed by atoms with Gasteiger partial charge < -0.3 is 10.2 Å². The summed E-state index contributed by atoms with van der Waals surface area (Å²) < 4.78 is 0. The highest BCUT2D eigenvalue weighted by atomic mass is 16.3. The minimum atomic E-state index is 0.309. The first-order valence-electron chi connectivity index (χ1n) is 8.06. The molecule has 0 aliphatic rings. The molecule has 0 saturated heterocycles. The monoisotopic (exact) mass is 298 g/mol. The Balaban J connectivity index is 2.47. The first-order valence-corrected chi connectivity index (χ1v) is 8.06. The third-order valence-corrected chi connectivity index (χ3v) is 4.64. The Labute approximate surface area is 133 Å². The molecular formula is C20H26O2. The summed E-state index contributed by atoms with van der Waals surface area (Å²) in [4.78, 5) is 0. The Morgan fingerprint density at radius 3 is 1.73 bits per heavy atom. The molecule has 0 aliphatic carbocycles. The minimum Gasteiger partial charge on any atom is -0.508 e. The lowest BCUT2D eigenvalue weighted by Crippen LogP contribution is -2.13. The van der Waals surface area contributed by atoms with E-state index >= 15 is 0 Å². The van der Waals surface area contributed by atoms with E-state index in [0.717, 1.165) is 24.0 Å². The second kappa shape index (κ2) is 6.87. The fraction of sp³-hybridized carbons (Fsp3) is 0.400. The molecule has 2 aromatic carbocycles. The summed E-state index contributed by atoms with van der Waals surface area (Å²) in [5, 5.41) is 19.3. The van der Waals surface area contributed by atoms with Crippen LogP contribution in [0, 0.1) is 13.8 Å². The topological polar surface area (TPSA) is 40.5 Å². The average Bonchev–Trinajstić information content (AvgIpc) is 2.47. The predicted octanol–water partition coefficient (Wildman–Crippen LogP) is 5.40. The summed E-state index contributed by atoms with van der Waals surface area (Å²) in [6.07, 6.45) is 2.09. The lowest BCUT2D eigenvalue weighted by molar-refractivity contribution is 0.468. The van der Waals surface area contributed by atoms with Gasteiger partial charge in [-0.1, -0.05) is 26.0 Å². The lowest BCUT2D eigenvalue weighted by Gasteiger charge is -2.29. The van der Waals surface area contributed by atoms with Gasteiger partial charge in [-0.25, -0.2) is 0 Å². The zero-order valence-electron chi connectivity index (χ0n) is 13.9. The molecule has 0 unspecified atom stereocenters. The Hall–Kier alpha value is -1.96. The second-order valence-electron chi connectivity index (χ2n) is 6.11. The fourth-order valence-corrected chi connectivity index (χ4v) is 3.70. The molecule has 0 bridgehead atoms. The number of phenolic OH excluding ortho intramolecular Hbond substituents is 2. The van der Waals surface area contributed by atoms with Crippen LogP contribution in [0.15, 0.2) is 36.4 Å². The van der Waals surface area contributed by atoms with Crippen molar-refractivity contribution in [1.82, 2.24) is 0 Å². The molecule has 0 aliphatic heterocycles. The van der Waals surface area contributed by atoms with Gasteiger partial charge in [0.1, 0.15) is 11.5 Å². The highest BCUT2D eigenvalue weighted by Crippen LogP contribution is 2.41. The average molecular weight is 298 g/mol. The van der Waals surface area contributed by atoms with Gasteiger partial charge >= 0.3 is 0 Å². The van der Waals surface area contributed by atoms with E-state index in [1.54, 1.807) is 12.1 Å². The van der Waals surface area contributed by atoms with Gasteiger partial charge in [0.05, 0.1) is 0 Å². The van der Waals surface area contributed by atoms with Gasteiger partial charge in [-0.2, -0.15) is 0 Å². The molecule has 118 valence electrons. The Morgan fingerprint density at radius 2 is 1.27 bits per heavy atom. The van der Waals surface area contributed by atoms with Gasteiger partial charge in [0.15, 0.2) is 0 Å². The van der Waals surface area contributed by atoms with Gasteiger partial charge in [0, 0.05) is 0 Å². The van der Waals surface area contributed by atoms with E-state index in [1.807, 2.05) is 24.3 Å². The Morgan fingerprint density at radius 1 is 0.773 bits per heavy atom. The maximum Gasteiger partial charge on any atom is 0.116 e. The van der Waals surface area contributed by atoms with Crippen LogP contribution in [0.1, 0.15) is 60.8 Å². The van der Waals surface area contributed by atoms with E-state index < -0.39 is 0 Å². The molecule has 2 heteroatoms. The SMILES string of the molecule is CC[C@H](c1ccc(O)cc1)[C@@H](CC)c1c(C)cc(O)cc1C. The quantitative estimate of drug-likeness (QED) is 0.775. The summed E-state index contributed by atoms with van der Waals surface area (Å²) in [7, 11) is 0. The summed E-state index contributed by atoms with van der Waals surface area (Å²) in [6.45, 7) is 8.59. The summed E-state index contributed by atoms with van der Waals surface area (Å²) >= 11 is 0. The van der Waals surface area contributed by atoms with E-state index in [9.17, 15) is 10.2 Å². The van der Waals surface area contributed by atoms with E-state index in [0.29, 0.717) is 23.3 Å². The smallest absolute Gasteiger partial charge is 0.116 e. The van der Waals surface area contributed by atoms with E-state index in [-0.39, 0.29) is 0 Å². The highest BCUT2D eigenvalue weighted by molar-refractivity contribution is 5.44. The number of benzene rings is 2. The fourth-order valence-electron chi connectivity index (χ4n) is 3.70. The number of hydrogen-bond acceptors (Lipinski definition) is 2. The van der Waals surface area contributed by atoms with Crippen molar-refractivity contribution in [2.45, 2.75) is 52.4 Å². The highest BCUT2D eigenvalue weighted by Gasteiger charge is 2.25. The molecule has 0 saturated carbocycles. The van der Waals surface area contributed by atoms with Gasteiger partial charge in [0.25, 0.3) is 0 Å². The molecule has 0 fully saturated rings. The lowest BCUT2D eigenvalue weighted by atomic mass is 9.75. The summed E-state index contributed by atoms with van der Waals surface area (Å²) in [6, 6.07) is 11.3. The maximum atomic E-state index is 9.79. The zero-order valence-corrected chi connectivity index (χ0v) is 13.9. The number of phenols is 2. The standard InChI is InChI=1S/C20H26O2/c1-5-18(15-7-9-16(21)10-8-15)19(6-2)20-13(3)11-17(22)12-14(20)4/h7-12,18-19,21-22H,5-6H2,1-4H3/t18-,19-/m1/s1. The van der Waals surface area contributed by atoms with Crippen LogP contribution in [0.4, 0.5) is 0 Å². The van der Waals surface area contributed by atoms with Crippen molar-refractivity contribution in [2.24, 2.45) is 0 Å². The normalized spacial score (nSPS) is 13.8. The van der Waals surface area contributed by atoms with Crippen molar-refractivity contribution in [3.8, 4) is 11.5 Å². The van der Waals surface area contributed by atoms with Crippen LogP contribution in [0.5, 0.6) is 11.5 Å². The zero-order chi connectivity index (χ0) is 16.3. The molecule has 0 spiro atoms. The molecule has 2 N–H and O–H groups in total. The third kappa shape index (κ3) is 3.27. The summed E-state index contributed by atoms with van der Waals surface area (Å²) in [5.74, 6) is 1.47. The minimum absolute atomic E-state index is 0.309. The number of aryl methyl sites for hydroxylation is 2. The molecule has 0 amide bonds. The van der Waals surface area contributed by atoms with Gasteiger partial charge in [-0.05, 0) is 85.0 Å². The van der Waals surface area contributed by atoms with Crippen LogP contribution in [0.25, 0.3) is 0 Å². The van der Waals surface area contributed by atoms with Gasteiger partial charge in [-0.15, -0.1) is 0 Å². The first-order chi connectivity index (χ1) is 10.5. The van der Waals surface area contributed by atoms with E-state index in [1.165, 1.54) is 11.1 Å². The predicted molar refractivity (Wildman–Crippen MR) is 91.8 cm³/mol. The molecule has 0 aromatic heterocycles. The van der Waals surface area contributed by atoms with Crippen LogP contribution in [-0.2, 0) is 0 Å². The van der Waals surface area contributed by atoms with Gasteiger partial charge in [0.2, 0.25) is 0 Å². The molecule has 2 nitrogen and oxygen atoms in total. The Bertz CT molecular complexity index is 606. The third-order valence-electron chi connectivity index (χ3n) is 4.64. The molecule has 22 heavy (non-hydrogen) atoms. The van der Waals surface area contributed by atoms with Crippen LogP contribution in [0.3, 0.4) is 0 Å². The van der Waals surface area contributed by atoms with Crippen LogP contribution < -0.4 is 0 Å². The van der Waals surface area contributed by atoms with Crippen LogP contribution >= 0.6 is 0 Å². The maximum absolute atomic E-state index is 9.79. The van der Waals surface area contributed by atoms with Crippen LogP contribution in [0.2, 0.25) is 0 Å². The van der Waals surface area contributed by atoms with Crippen molar-refractivity contribution < 1.29 is 10.2 Å². The van der Waals surface area contributed by atoms with E-state index in [4.69, 9.17) is 0 Å². The number of aromatic hydroxyl groups is 2. The summed E-state index contributed by atoms with van der Waals surface area (Å²) in [5.41, 5.74) is 4.92. The Kier molecular flexibility index (Phi) is 5.12. The molecular weight excluding hydrogens is 272 g/mol.